The molecule has 1 aliphatic carbocycles. The molecule has 2 fully saturated rings. The van der Waals surface area contributed by atoms with Gasteiger partial charge in [0, 0.05) is 11.6 Å². The third-order valence-corrected chi connectivity index (χ3v) is 5.04. The zero-order valence-corrected chi connectivity index (χ0v) is 13.0. The number of nitrogens with two attached hydrogens (primary N) is 1. The summed E-state index contributed by atoms with van der Waals surface area (Å²) in [5.41, 5.74) is 7.45. The van der Waals surface area contributed by atoms with Gasteiger partial charge in [0.05, 0.1) is 11.7 Å². The SMILES string of the molecule is CCC(N)c1ccccc1OCC1CCC2(CCCC2)O1. The molecule has 0 radical (unpaired) electrons. The Labute approximate surface area is 127 Å². The number of para-hydroxylation sites is 1. The second kappa shape index (κ2) is 6.37. The van der Waals surface area contributed by atoms with E-state index in [2.05, 4.69) is 13.0 Å². The maximum absolute atomic E-state index is 6.30. The zero-order chi connectivity index (χ0) is 14.7. The fourth-order valence-corrected chi connectivity index (χ4v) is 3.72. The average Bonchev–Trinajstić information content (AvgIpc) is 3.15. The van der Waals surface area contributed by atoms with E-state index in [0.717, 1.165) is 24.2 Å². The van der Waals surface area contributed by atoms with Crippen LogP contribution in [0.5, 0.6) is 5.75 Å². The monoisotopic (exact) mass is 289 g/mol. The van der Waals surface area contributed by atoms with Crippen molar-refractivity contribution in [3.8, 4) is 5.75 Å². The normalized spacial score (nSPS) is 25.3. The highest BCUT2D eigenvalue weighted by Crippen LogP contribution is 2.43. The number of ether oxygens (including phenoxy) is 2. The molecule has 0 aromatic heterocycles. The number of hydrogen-bond donors (Lipinski definition) is 1. The van der Waals surface area contributed by atoms with Crippen LogP contribution in [0.3, 0.4) is 0 Å². The van der Waals surface area contributed by atoms with Gasteiger partial charge in [0.25, 0.3) is 0 Å². The van der Waals surface area contributed by atoms with Crippen LogP contribution >= 0.6 is 0 Å². The average molecular weight is 289 g/mol. The molecule has 1 heterocycles. The van der Waals surface area contributed by atoms with Crippen molar-refractivity contribution in [2.45, 2.75) is 69.6 Å². The first kappa shape index (κ1) is 14.9. The van der Waals surface area contributed by atoms with E-state index in [1.165, 1.54) is 32.1 Å². The third kappa shape index (κ3) is 3.24. The van der Waals surface area contributed by atoms with Gasteiger partial charge in [-0.15, -0.1) is 0 Å². The van der Waals surface area contributed by atoms with E-state index in [1.54, 1.807) is 0 Å². The highest BCUT2D eigenvalue weighted by Gasteiger charge is 2.42. The molecular formula is C18H27NO2. The summed E-state index contributed by atoms with van der Waals surface area (Å²) >= 11 is 0. The minimum atomic E-state index is 0.0480. The third-order valence-electron chi connectivity index (χ3n) is 5.04. The minimum absolute atomic E-state index is 0.0480. The van der Waals surface area contributed by atoms with Crippen molar-refractivity contribution in [2.24, 2.45) is 5.73 Å². The van der Waals surface area contributed by atoms with Gasteiger partial charge in [-0.2, -0.15) is 0 Å². The standard InChI is InChI=1S/C18H27NO2/c1-2-16(19)15-7-3-4-8-17(15)20-13-14-9-12-18(21-14)10-5-6-11-18/h3-4,7-8,14,16H,2,5-6,9-13,19H2,1H3. The van der Waals surface area contributed by atoms with E-state index in [0.29, 0.717) is 6.61 Å². The molecule has 1 spiro atoms. The van der Waals surface area contributed by atoms with Crippen LogP contribution in [0.2, 0.25) is 0 Å². The fraction of sp³-hybridized carbons (Fsp3) is 0.667. The van der Waals surface area contributed by atoms with Crippen molar-refractivity contribution in [2.75, 3.05) is 6.61 Å². The summed E-state index contributed by atoms with van der Waals surface area (Å²) in [4.78, 5) is 0. The highest BCUT2D eigenvalue weighted by molar-refractivity contribution is 5.35. The number of hydrogen-bond acceptors (Lipinski definition) is 3. The van der Waals surface area contributed by atoms with E-state index in [4.69, 9.17) is 15.2 Å². The maximum atomic E-state index is 6.30. The Morgan fingerprint density at radius 2 is 2.05 bits per heavy atom. The molecule has 2 N–H and O–H groups in total. The second-order valence-electron chi connectivity index (χ2n) is 6.53. The molecule has 0 amide bonds. The van der Waals surface area contributed by atoms with Gasteiger partial charge in [-0.1, -0.05) is 38.0 Å². The molecular weight excluding hydrogens is 262 g/mol. The van der Waals surface area contributed by atoms with Gasteiger partial charge in [0.15, 0.2) is 0 Å². The molecule has 1 aromatic rings. The predicted octanol–water partition coefficient (Wildman–Crippen LogP) is 3.97. The zero-order valence-electron chi connectivity index (χ0n) is 13.0. The smallest absolute Gasteiger partial charge is 0.124 e. The number of benzene rings is 1. The van der Waals surface area contributed by atoms with Crippen molar-refractivity contribution in [3.63, 3.8) is 0 Å². The first-order chi connectivity index (χ1) is 10.2. The molecule has 0 bridgehead atoms. The predicted molar refractivity (Wildman–Crippen MR) is 84.5 cm³/mol. The quantitative estimate of drug-likeness (QED) is 0.892. The summed E-state index contributed by atoms with van der Waals surface area (Å²) in [6, 6.07) is 8.17. The Morgan fingerprint density at radius 3 is 2.81 bits per heavy atom. The summed E-state index contributed by atoms with van der Waals surface area (Å²) in [6.45, 7) is 2.75. The van der Waals surface area contributed by atoms with E-state index in [9.17, 15) is 0 Å². The summed E-state index contributed by atoms with van der Waals surface area (Å²) in [6.07, 6.45) is 8.61. The van der Waals surface area contributed by atoms with Crippen molar-refractivity contribution in [3.05, 3.63) is 29.8 Å². The van der Waals surface area contributed by atoms with Crippen molar-refractivity contribution < 1.29 is 9.47 Å². The fourth-order valence-electron chi connectivity index (χ4n) is 3.72. The molecule has 3 rings (SSSR count). The van der Waals surface area contributed by atoms with Gasteiger partial charge < -0.3 is 15.2 Å². The van der Waals surface area contributed by atoms with Crippen LogP contribution in [0.1, 0.15) is 63.5 Å². The molecule has 2 aliphatic rings. The summed E-state index contributed by atoms with van der Waals surface area (Å²) in [5, 5.41) is 0. The van der Waals surface area contributed by atoms with Crippen molar-refractivity contribution in [1.82, 2.24) is 0 Å². The van der Waals surface area contributed by atoms with Gasteiger partial charge in [0.1, 0.15) is 12.4 Å². The van der Waals surface area contributed by atoms with Gasteiger partial charge >= 0.3 is 0 Å². The van der Waals surface area contributed by atoms with Crippen LogP contribution in [-0.2, 0) is 4.74 Å². The lowest BCUT2D eigenvalue weighted by atomic mass is 9.98. The molecule has 1 saturated heterocycles. The van der Waals surface area contributed by atoms with Gasteiger partial charge in [0.2, 0.25) is 0 Å². The molecule has 1 saturated carbocycles. The van der Waals surface area contributed by atoms with Crippen molar-refractivity contribution in [1.29, 1.82) is 0 Å². The Morgan fingerprint density at radius 1 is 1.29 bits per heavy atom. The van der Waals surface area contributed by atoms with Gasteiger partial charge in [-0.05, 0) is 38.2 Å². The lowest BCUT2D eigenvalue weighted by Crippen LogP contribution is -2.27. The molecule has 21 heavy (non-hydrogen) atoms. The van der Waals surface area contributed by atoms with Gasteiger partial charge in [-0.3, -0.25) is 0 Å². The lowest BCUT2D eigenvalue weighted by Gasteiger charge is -2.24. The van der Waals surface area contributed by atoms with E-state index in [-0.39, 0.29) is 17.7 Å². The molecule has 116 valence electrons. The Hall–Kier alpha value is -1.06. The summed E-state index contributed by atoms with van der Waals surface area (Å²) in [5.74, 6) is 0.919. The van der Waals surface area contributed by atoms with Crippen LogP contribution in [0.15, 0.2) is 24.3 Å². The molecule has 1 aliphatic heterocycles. The molecule has 2 atom stereocenters. The summed E-state index contributed by atoms with van der Waals surface area (Å²) in [7, 11) is 0. The topological polar surface area (TPSA) is 44.5 Å². The van der Waals surface area contributed by atoms with Crippen LogP contribution < -0.4 is 10.5 Å². The van der Waals surface area contributed by atoms with Crippen LogP contribution in [0.4, 0.5) is 0 Å². The van der Waals surface area contributed by atoms with E-state index >= 15 is 0 Å². The molecule has 3 nitrogen and oxygen atoms in total. The Bertz CT molecular complexity index is 468. The van der Waals surface area contributed by atoms with Crippen LogP contribution in [0.25, 0.3) is 0 Å². The molecule has 2 unspecified atom stereocenters. The van der Waals surface area contributed by atoms with Crippen molar-refractivity contribution >= 4 is 0 Å². The van der Waals surface area contributed by atoms with E-state index in [1.807, 2.05) is 18.2 Å². The summed E-state index contributed by atoms with van der Waals surface area (Å²) < 4.78 is 12.3. The lowest BCUT2D eigenvalue weighted by molar-refractivity contribution is -0.0510. The van der Waals surface area contributed by atoms with E-state index < -0.39 is 0 Å². The number of rotatable bonds is 5. The Balaban J connectivity index is 1.58. The van der Waals surface area contributed by atoms with Crippen LogP contribution in [0, 0.1) is 0 Å². The first-order valence-electron chi connectivity index (χ1n) is 8.37. The van der Waals surface area contributed by atoms with Gasteiger partial charge in [-0.25, -0.2) is 0 Å². The highest BCUT2D eigenvalue weighted by atomic mass is 16.6. The maximum Gasteiger partial charge on any atom is 0.124 e. The Kier molecular flexibility index (Phi) is 4.51. The molecule has 3 heteroatoms. The molecule has 1 aromatic carbocycles. The first-order valence-corrected chi connectivity index (χ1v) is 8.37. The minimum Gasteiger partial charge on any atom is -0.491 e. The van der Waals surface area contributed by atoms with Crippen LogP contribution in [-0.4, -0.2) is 18.3 Å². The second-order valence-corrected chi connectivity index (χ2v) is 6.53. The largest absolute Gasteiger partial charge is 0.491 e.